The van der Waals surface area contributed by atoms with Crippen LogP contribution < -0.4 is 5.32 Å². The van der Waals surface area contributed by atoms with Gasteiger partial charge in [-0.05, 0) is 12.3 Å². The third-order valence-corrected chi connectivity index (χ3v) is 3.14. The first-order valence-corrected chi connectivity index (χ1v) is 6.86. The Balaban J connectivity index is 2.10. The normalized spacial score (nSPS) is 12.8. The zero-order valence-electron chi connectivity index (χ0n) is 10.9. The molecule has 0 radical (unpaired) electrons. The maximum Gasteiger partial charge on any atom is 0.165 e. The topological polar surface area (TPSA) is 75.9 Å². The van der Waals surface area contributed by atoms with Crippen LogP contribution in [-0.2, 0) is 6.54 Å². The van der Waals surface area contributed by atoms with Crippen molar-refractivity contribution in [2.45, 2.75) is 19.9 Å². The summed E-state index contributed by atoms with van der Waals surface area (Å²) in [5, 5.41) is 12.2. The summed E-state index contributed by atoms with van der Waals surface area (Å²) >= 11 is 5.74. The van der Waals surface area contributed by atoms with Crippen molar-refractivity contribution in [1.29, 1.82) is 0 Å². The summed E-state index contributed by atoms with van der Waals surface area (Å²) in [5.74, 6) is 1.52. The van der Waals surface area contributed by atoms with Crippen LogP contribution in [0.1, 0.15) is 13.3 Å². The number of aliphatic hydroxyl groups is 1. The fourth-order valence-electron chi connectivity index (χ4n) is 1.79. The van der Waals surface area contributed by atoms with Gasteiger partial charge in [0.25, 0.3) is 0 Å². The molecule has 2 heterocycles. The highest BCUT2D eigenvalue weighted by atomic mass is 35.5. The number of nitrogens with zero attached hydrogens (tertiary/aromatic N) is 4. The maximum atomic E-state index is 8.98. The van der Waals surface area contributed by atoms with Crippen LogP contribution in [0, 0.1) is 5.92 Å². The van der Waals surface area contributed by atoms with E-state index in [2.05, 4.69) is 20.3 Å². The summed E-state index contributed by atoms with van der Waals surface area (Å²) in [5.41, 5.74) is 1.54. The molecule has 0 aliphatic rings. The van der Waals surface area contributed by atoms with E-state index in [1.807, 2.05) is 11.5 Å². The zero-order valence-corrected chi connectivity index (χ0v) is 11.6. The summed E-state index contributed by atoms with van der Waals surface area (Å²) in [4.78, 5) is 12.8. The van der Waals surface area contributed by atoms with Gasteiger partial charge in [-0.3, -0.25) is 0 Å². The average molecular weight is 284 g/mol. The van der Waals surface area contributed by atoms with Crippen LogP contribution >= 0.6 is 11.6 Å². The lowest BCUT2D eigenvalue weighted by Gasteiger charge is -2.09. The molecular weight excluding hydrogens is 266 g/mol. The van der Waals surface area contributed by atoms with Gasteiger partial charge in [0.1, 0.15) is 11.8 Å². The van der Waals surface area contributed by atoms with Gasteiger partial charge in [0, 0.05) is 25.6 Å². The largest absolute Gasteiger partial charge is 0.396 e. The SMILES string of the molecule is C[C@H](CO)CCNc1ncnc2c1ncn2CCCl. The number of imidazole rings is 1. The highest BCUT2D eigenvalue weighted by Gasteiger charge is 2.09. The molecule has 0 bridgehead atoms. The first-order valence-electron chi connectivity index (χ1n) is 6.32. The van der Waals surface area contributed by atoms with Crippen LogP contribution in [0.3, 0.4) is 0 Å². The Morgan fingerprint density at radius 2 is 2.26 bits per heavy atom. The Kier molecular flexibility index (Phi) is 4.93. The van der Waals surface area contributed by atoms with E-state index in [0.29, 0.717) is 12.4 Å². The third kappa shape index (κ3) is 3.33. The Hall–Kier alpha value is -1.40. The molecule has 0 aromatic carbocycles. The van der Waals surface area contributed by atoms with Crippen molar-refractivity contribution in [3.8, 4) is 0 Å². The maximum absolute atomic E-state index is 8.98. The molecule has 1 atom stereocenters. The molecule has 6 nitrogen and oxygen atoms in total. The fourth-order valence-corrected chi connectivity index (χ4v) is 1.98. The number of fused-ring (bicyclic) bond motifs is 1. The molecule has 2 aromatic rings. The van der Waals surface area contributed by atoms with Gasteiger partial charge >= 0.3 is 0 Å². The number of alkyl halides is 1. The van der Waals surface area contributed by atoms with Crippen molar-refractivity contribution in [3.63, 3.8) is 0 Å². The van der Waals surface area contributed by atoms with Crippen LogP contribution in [0.5, 0.6) is 0 Å². The van der Waals surface area contributed by atoms with Crippen molar-refractivity contribution in [3.05, 3.63) is 12.7 Å². The smallest absolute Gasteiger partial charge is 0.165 e. The fraction of sp³-hybridized carbons (Fsp3) is 0.583. The second kappa shape index (κ2) is 6.68. The molecule has 0 saturated heterocycles. The number of anilines is 1. The lowest BCUT2D eigenvalue weighted by atomic mass is 10.1. The Labute approximate surface area is 116 Å². The number of halogens is 1. The molecule has 2 N–H and O–H groups in total. The van der Waals surface area contributed by atoms with E-state index in [0.717, 1.165) is 29.9 Å². The van der Waals surface area contributed by atoms with Crippen LogP contribution in [-0.4, -0.2) is 43.7 Å². The minimum Gasteiger partial charge on any atom is -0.396 e. The predicted molar refractivity (Wildman–Crippen MR) is 75.4 cm³/mol. The van der Waals surface area contributed by atoms with E-state index in [9.17, 15) is 0 Å². The van der Waals surface area contributed by atoms with Gasteiger partial charge in [-0.1, -0.05) is 6.92 Å². The van der Waals surface area contributed by atoms with Crippen LogP contribution in [0.4, 0.5) is 5.82 Å². The number of aromatic nitrogens is 4. The summed E-state index contributed by atoms with van der Waals surface area (Å²) < 4.78 is 1.91. The van der Waals surface area contributed by atoms with E-state index in [4.69, 9.17) is 16.7 Å². The second-order valence-corrected chi connectivity index (χ2v) is 4.90. The van der Waals surface area contributed by atoms with Crippen molar-refractivity contribution < 1.29 is 5.11 Å². The van der Waals surface area contributed by atoms with Gasteiger partial charge < -0.3 is 15.0 Å². The van der Waals surface area contributed by atoms with E-state index in [1.165, 1.54) is 6.33 Å². The van der Waals surface area contributed by atoms with Gasteiger partial charge in [-0.15, -0.1) is 11.6 Å². The van der Waals surface area contributed by atoms with Gasteiger partial charge in [0.2, 0.25) is 0 Å². The van der Waals surface area contributed by atoms with Crippen molar-refractivity contribution >= 4 is 28.6 Å². The minimum absolute atomic E-state index is 0.200. The number of nitrogens with one attached hydrogen (secondary N) is 1. The van der Waals surface area contributed by atoms with Gasteiger partial charge in [0.05, 0.1) is 6.33 Å². The molecule has 19 heavy (non-hydrogen) atoms. The molecule has 0 amide bonds. The van der Waals surface area contributed by atoms with Crippen molar-refractivity contribution in [2.24, 2.45) is 5.92 Å². The Morgan fingerprint density at radius 3 is 3.00 bits per heavy atom. The molecule has 0 unspecified atom stereocenters. The molecule has 0 fully saturated rings. The molecular formula is C12H18ClN5O. The number of aliphatic hydroxyl groups excluding tert-OH is 1. The molecule has 2 aromatic heterocycles. The number of hydrogen-bond acceptors (Lipinski definition) is 5. The molecule has 0 saturated carbocycles. The van der Waals surface area contributed by atoms with E-state index in [-0.39, 0.29) is 12.5 Å². The average Bonchev–Trinajstić information content (AvgIpc) is 2.83. The van der Waals surface area contributed by atoms with E-state index >= 15 is 0 Å². The Morgan fingerprint density at radius 1 is 1.42 bits per heavy atom. The van der Waals surface area contributed by atoms with Gasteiger partial charge in [-0.2, -0.15) is 0 Å². The summed E-state index contributed by atoms with van der Waals surface area (Å²) in [6.07, 6.45) is 4.13. The van der Waals surface area contributed by atoms with E-state index < -0.39 is 0 Å². The van der Waals surface area contributed by atoms with Crippen LogP contribution in [0.2, 0.25) is 0 Å². The molecule has 0 aliphatic carbocycles. The molecule has 104 valence electrons. The van der Waals surface area contributed by atoms with Crippen molar-refractivity contribution in [2.75, 3.05) is 24.3 Å². The number of aryl methyl sites for hydroxylation is 1. The van der Waals surface area contributed by atoms with Crippen molar-refractivity contribution in [1.82, 2.24) is 19.5 Å². The summed E-state index contributed by atoms with van der Waals surface area (Å²) in [7, 11) is 0. The van der Waals surface area contributed by atoms with Gasteiger partial charge in [0.15, 0.2) is 11.5 Å². The molecule has 2 rings (SSSR count). The van der Waals surface area contributed by atoms with Crippen LogP contribution in [0.15, 0.2) is 12.7 Å². The number of rotatable bonds is 7. The number of hydrogen-bond donors (Lipinski definition) is 2. The molecule has 7 heteroatoms. The Bertz CT molecular complexity index is 530. The second-order valence-electron chi connectivity index (χ2n) is 4.52. The van der Waals surface area contributed by atoms with Crippen LogP contribution in [0.25, 0.3) is 11.2 Å². The standard InChI is InChI=1S/C12H18ClN5O/c1-9(6-19)2-4-14-11-10-12(16-7-15-11)18(5-3-13)8-17-10/h7-9,19H,2-6H2,1H3,(H,14,15,16)/t9-/m0/s1. The molecule has 0 spiro atoms. The summed E-state index contributed by atoms with van der Waals surface area (Å²) in [6, 6.07) is 0. The lowest BCUT2D eigenvalue weighted by Crippen LogP contribution is -2.10. The monoisotopic (exact) mass is 283 g/mol. The van der Waals surface area contributed by atoms with Gasteiger partial charge in [-0.25, -0.2) is 15.0 Å². The zero-order chi connectivity index (χ0) is 13.7. The molecule has 0 aliphatic heterocycles. The first kappa shape index (κ1) is 14.0. The quantitative estimate of drug-likeness (QED) is 0.753. The third-order valence-electron chi connectivity index (χ3n) is 2.97. The first-order chi connectivity index (χ1) is 9.26. The lowest BCUT2D eigenvalue weighted by molar-refractivity contribution is 0.233. The van der Waals surface area contributed by atoms with E-state index in [1.54, 1.807) is 6.33 Å². The minimum atomic E-state index is 0.200. The highest BCUT2D eigenvalue weighted by Crippen LogP contribution is 2.17. The summed E-state index contributed by atoms with van der Waals surface area (Å²) in [6.45, 7) is 3.63. The highest BCUT2D eigenvalue weighted by molar-refractivity contribution is 6.17. The predicted octanol–water partition coefficient (Wildman–Crippen LogP) is 1.50.